The molecule has 0 bridgehead atoms. The summed E-state index contributed by atoms with van der Waals surface area (Å²) in [5, 5.41) is 0.455. The molecule has 0 aliphatic rings. The summed E-state index contributed by atoms with van der Waals surface area (Å²) in [5.74, 6) is 0.831. The average Bonchev–Trinajstić information content (AvgIpc) is 1.87. The first-order valence-electron chi connectivity index (χ1n) is 3.55. The van der Waals surface area contributed by atoms with Gasteiger partial charge in [0.25, 0.3) is 0 Å². The van der Waals surface area contributed by atoms with E-state index in [1.807, 2.05) is 6.92 Å². The van der Waals surface area contributed by atoms with Crippen LogP contribution >= 0.6 is 24.4 Å². The first-order chi connectivity index (χ1) is 5.07. The van der Waals surface area contributed by atoms with Crippen molar-refractivity contribution in [1.29, 1.82) is 0 Å². The number of hydrogen-bond donors (Lipinski definition) is 1. The highest BCUT2D eigenvalue weighted by Gasteiger charge is 2.08. The number of carbonyl (C=O) groups excluding carboxylic acids is 1. The van der Waals surface area contributed by atoms with Crippen molar-refractivity contribution in [3.63, 3.8) is 0 Å². The SMILES string of the molecule is C=C(C)C(=O)SC(C)CCS. The van der Waals surface area contributed by atoms with Gasteiger partial charge in [0.05, 0.1) is 0 Å². The highest BCUT2D eigenvalue weighted by atomic mass is 32.2. The van der Waals surface area contributed by atoms with Gasteiger partial charge in [0, 0.05) is 5.25 Å². The van der Waals surface area contributed by atoms with E-state index in [9.17, 15) is 4.79 Å². The molecule has 1 atom stereocenters. The zero-order chi connectivity index (χ0) is 8.85. The molecule has 1 nitrogen and oxygen atoms in total. The van der Waals surface area contributed by atoms with Crippen LogP contribution in [0, 0.1) is 0 Å². The lowest BCUT2D eigenvalue weighted by Crippen LogP contribution is -2.03. The second-order valence-electron chi connectivity index (χ2n) is 2.51. The van der Waals surface area contributed by atoms with Crippen LogP contribution in [0.5, 0.6) is 0 Å². The Morgan fingerprint density at radius 1 is 1.73 bits per heavy atom. The molecule has 0 aliphatic carbocycles. The molecule has 3 heteroatoms. The van der Waals surface area contributed by atoms with E-state index >= 15 is 0 Å². The van der Waals surface area contributed by atoms with E-state index in [1.54, 1.807) is 6.92 Å². The molecule has 0 heterocycles. The van der Waals surface area contributed by atoms with Crippen molar-refractivity contribution in [3.8, 4) is 0 Å². The largest absolute Gasteiger partial charge is 0.282 e. The standard InChI is InChI=1S/C8H14OS2/c1-6(2)8(9)11-7(3)4-5-10/h7,10H,1,4-5H2,2-3H3. The molecule has 0 aromatic heterocycles. The van der Waals surface area contributed by atoms with Gasteiger partial charge >= 0.3 is 0 Å². The Kier molecular flexibility index (Phi) is 5.78. The summed E-state index contributed by atoms with van der Waals surface area (Å²) in [7, 11) is 0. The van der Waals surface area contributed by atoms with Crippen LogP contribution in [0.1, 0.15) is 20.3 Å². The lowest BCUT2D eigenvalue weighted by molar-refractivity contribution is -0.107. The Balaban J connectivity index is 3.66. The van der Waals surface area contributed by atoms with Crippen LogP contribution in [0.15, 0.2) is 12.2 Å². The van der Waals surface area contributed by atoms with Gasteiger partial charge in [0.2, 0.25) is 5.12 Å². The quantitative estimate of drug-likeness (QED) is 0.542. The van der Waals surface area contributed by atoms with Gasteiger partial charge in [-0.25, -0.2) is 0 Å². The van der Waals surface area contributed by atoms with Crippen molar-refractivity contribution >= 4 is 29.5 Å². The van der Waals surface area contributed by atoms with Gasteiger partial charge < -0.3 is 0 Å². The monoisotopic (exact) mass is 190 g/mol. The molecule has 11 heavy (non-hydrogen) atoms. The molecule has 0 amide bonds. The summed E-state index contributed by atoms with van der Waals surface area (Å²) >= 11 is 5.43. The maximum Gasteiger partial charge on any atom is 0.214 e. The van der Waals surface area contributed by atoms with Gasteiger partial charge in [-0.3, -0.25) is 4.79 Å². The molecule has 0 N–H and O–H groups in total. The van der Waals surface area contributed by atoms with E-state index < -0.39 is 0 Å². The summed E-state index contributed by atoms with van der Waals surface area (Å²) < 4.78 is 0. The van der Waals surface area contributed by atoms with E-state index in [2.05, 4.69) is 19.2 Å². The number of hydrogen-bond acceptors (Lipinski definition) is 3. The van der Waals surface area contributed by atoms with Crippen molar-refractivity contribution in [1.82, 2.24) is 0 Å². The van der Waals surface area contributed by atoms with Crippen LogP contribution in [0.4, 0.5) is 0 Å². The highest BCUT2D eigenvalue weighted by Crippen LogP contribution is 2.18. The summed E-state index contributed by atoms with van der Waals surface area (Å²) in [5.41, 5.74) is 0.626. The molecule has 0 radical (unpaired) electrons. The number of thiol groups is 1. The number of thioether (sulfide) groups is 1. The molecular formula is C8H14OS2. The number of carbonyl (C=O) groups is 1. The maximum atomic E-state index is 11.1. The molecule has 0 aromatic rings. The molecule has 0 spiro atoms. The minimum atomic E-state index is 0.0966. The zero-order valence-electron chi connectivity index (χ0n) is 6.96. The van der Waals surface area contributed by atoms with E-state index in [0.717, 1.165) is 12.2 Å². The van der Waals surface area contributed by atoms with Crippen molar-refractivity contribution in [3.05, 3.63) is 12.2 Å². The molecule has 0 aliphatic heterocycles. The van der Waals surface area contributed by atoms with Crippen LogP contribution in [0.2, 0.25) is 0 Å². The molecule has 0 saturated carbocycles. The fraction of sp³-hybridized carbons (Fsp3) is 0.625. The van der Waals surface area contributed by atoms with E-state index in [-0.39, 0.29) is 5.12 Å². The summed E-state index contributed by atoms with van der Waals surface area (Å²) in [6.45, 7) is 7.35. The van der Waals surface area contributed by atoms with Crippen molar-refractivity contribution < 1.29 is 4.79 Å². The third-order valence-corrected chi connectivity index (χ3v) is 2.65. The summed E-state index contributed by atoms with van der Waals surface area (Å²) in [4.78, 5) is 11.1. The Morgan fingerprint density at radius 2 is 2.27 bits per heavy atom. The fourth-order valence-corrected chi connectivity index (χ4v) is 1.89. The highest BCUT2D eigenvalue weighted by molar-refractivity contribution is 8.14. The van der Waals surface area contributed by atoms with Crippen LogP contribution < -0.4 is 0 Å². The van der Waals surface area contributed by atoms with Crippen molar-refractivity contribution in [2.45, 2.75) is 25.5 Å². The lowest BCUT2D eigenvalue weighted by atomic mass is 10.4. The van der Waals surface area contributed by atoms with Gasteiger partial charge in [-0.05, 0) is 24.7 Å². The molecule has 0 saturated heterocycles. The van der Waals surface area contributed by atoms with Crippen molar-refractivity contribution in [2.75, 3.05) is 5.75 Å². The fourth-order valence-electron chi connectivity index (χ4n) is 0.524. The smallest absolute Gasteiger partial charge is 0.214 e. The third-order valence-electron chi connectivity index (χ3n) is 1.19. The van der Waals surface area contributed by atoms with Gasteiger partial charge in [-0.1, -0.05) is 25.3 Å². The van der Waals surface area contributed by atoms with E-state index in [1.165, 1.54) is 11.8 Å². The van der Waals surface area contributed by atoms with Crippen molar-refractivity contribution in [2.24, 2.45) is 0 Å². The average molecular weight is 190 g/mol. The molecule has 64 valence electrons. The Morgan fingerprint density at radius 3 is 2.64 bits per heavy atom. The topological polar surface area (TPSA) is 17.1 Å². The lowest BCUT2D eigenvalue weighted by Gasteiger charge is -2.06. The van der Waals surface area contributed by atoms with Gasteiger partial charge in [0.15, 0.2) is 0 Å². The summed E-state index contributed by atoms with van der Waals surface area (Å²) in [6, 6.07) is 0. The normalized spacial score (nSPS) is 12.6. The Hall–Kier alpha value is 0.110. The third kappa shape index (κ3) is 5.39. The summed E-state index contributed by atoms with van der Waals surface area (Å²) in [6.07, 6.45) is 0.965. The first kappa shape index (κ1) is 11.1. The minimum absolute atomic E-state index is 0.0966. The minimum Gasteiger partial charge on any atom is -0.282 e. The molecule has 1 unspecified atom stereocenters. The zero-order valence-corrected chi connectivity index (χ0v) is 8.67. The second kappa shape index (κ2) is 5.72. The predicted octanol–water partition coefficient (Wildman–Crippen LogP) is 2.53. The van der Waals surface area contributed by atoms with Gasteiger partial charge in [-0.15, -0.1) is 0 Å². The van der Waals surface area contributed by atoms with Gasteiger partial charge in [-0.2, -0.15) is 12.6 Å². The predicted molar refractivity (Wildman–Crippen MR) is 55.3 cm³/mol. The molecule has 0 rings (SSSR count). The van der Waals surface area contributed by atoms with Crippen LogP contribution in [0.3, 0.4) is 0 Å². The van der Waals surface area contributed by atoms with E-state index in [4.69, 9.17) is 0 Å². The van der Waals surface area contributed by atoms with E-state index in [0.29, 0.717) is 10.8 Å². The Labute approximate surface area is 78.0 Å². The number of rotatable bonds is 4. The van der Waals surface area contributed by atoms with Crippen LogP contribution in [-0.2, 0) is 4.79 Å². The van der Waals surface area contributed by atoms with Gasteiger partial charge in [0.1, 0.15) is 0 Å². The van der Waals surface area contributed by atoms with Crippen LogP contribution in [0.25, 0.3) is 0 Å². The molecule has 0 fully saturated rings. The first-order valence-corrected chi connectivity index (χ1v) is 5.06. The van der Waals surface area contributed by atoms with Crippen LogP contribution in [-0.4, -0.2) is 16.1 Å². The maximum absolute atomic E-state index is 11.1. The molecule has 0 aromatic carbocycles. The molecular weight excluding hydrogens is 176 g/mol. The Bertz CT molecular complexity index is 154. The second-order valence-corrected chi connectivity index (χ2v) is 4.37.